The van der Waals surface area contributed by atoms with Crippen molar-refractivity contribution in [3.63, 3.8) is 0 Å². The van der Waals surface area contributed by atoms with Crippen LogP contribution in [0, 0.1) is 0 Å². The van der Waals surface area contributed by atoms with E-state index in [4.69, 9.17) is 0 Å². The normalized spacial score (nSPS) is 25.7. The van der Waals surface area contributed by atoms with Crippen LogP contribution in [0.4, 0.5) is 5.82 Å². The Morgan fingerprint density at radius 2 is 2.33 bits per heavy atom. The number of nitrogens with zero attached hydrogens (tertiary/aromatic N) is 2. The molecule has 2 N–H and O–H groups in total. The van der Waals surface area contributed by atoms with Crippen molar-refractivity contribution >= 4 is 5.82 Å². The second-order valence-electron chi connectivity index (χ2n) is 5.64. The van der Waals surface area contributed by atoms with Gasteiger partial charge in [-0.25, -0.2) is 9.97 Å². The number of hydrogen-bond donors (Lipinski definition) is 2. The number of hydrogen-bond acceptors (Lipinski definition) is 4. The third kappa shape index (κ3) is 2.34. The van der Waals surface area contributed by atoms with E-state index in [2.05, 4.69) is 33.6 Å². The zero-order valence-electron chi connectivity index (χ0n) is 11.1. The second-order valence-corrected chi connectivity index (χ2v) is 5.64. The molecular formula is C14H22N4. The van der Waals surface area contributed by atoms with Crippen molar-refractivity contribution < 1.29 is 0 Å². The molecule has 1 aliphatic heterocycles. The van der Waals surface area contributed by atoms with Crippen molar-refractivity contribution in [2.45, 2.75) is 57.0 Å². The molecule has 2 fully saturated rings. The number of nitrogens with one attached hydrogen (secondary N) is 2. The molecule has 0 bridgehead atoms. The molecule has 0 amide bonds. The third-order valence-electron chi connectivity index (χ3n) is 4.38. The van der Waals surface area contributed by atoms with Gasteiger partial charge >= 0.3 is 0 Å². The van der Waals surface area contributed by atoms with E-state index < -0.39 is 0 Å². The van der Waals surface area contributed by atoms with Gasteiger partial charge in [0.2, 0.25) is 0 Å². The molecule has 1 spiro atoms. The Labute approximate surface area is 109 Å². The van der Waals surface area contributed by atoms with Crippen molar-refractivity contribution in [2.75, 3.05) is 11.9 Å². The van der Waals surface area contributed by atoms with Gasteiger partial charge in [0.1, 0.15) is 12.1 Å². The molecule has 1 saturated heterocycles. The van der Waals surface area contributed by atoms with Crippen molar-refractivity contribution in [2.24, 2.45) is 0 Å². The number of aromatic nitrogens is 2. The van der Waals surface area contributed by atoms with E-state index in [1.165, 1.54) is 32.1 Å². The van der Waals surface area contributed by atoms with Crippen LogP contribution in [-0.2, 0) is 6.42 Å². The summed E-state index contributed by atoms with van der Waals surface area (Å²) in [5.41, 5.74) is 1.55. The van der Waals surface area contributed by atoms with Gasteiger partial charge in [-0.1, -0.05) is 6.92 Å². The smallest absolute Gasteiger partial charge is 0.129 e. The minimum atomic E-state index is 0.441. The molecule has 0 aromatic carbocycles. The average Bonchev–Trinajstić information content (AvgIpc) is 2.37. The van der Waals surface area contributed by atoms with Crippen LogP contribution in [0.1, 0.15) is 44.7 Å². The fourth-order valence-corrected chi connectivity index (χ4v) is 3.14. The molecule has 1 aromatic rings. The van der Waals surface area contributed by atoms with Crippen LogP contribution in [0.25, 0.3) is 0 Å². The quantitative estimate of drug-likeness (QED) is 0.858. The van der Waals surface area contributed by atoms with Gasteiger partial charge in [0.25, 0.3) is 0 Å². The molecule has 1 aromatic heterocycles. The first-order valence-corrected chi connectivity index (χ1v) is 7.12. The van der Waals surface area contributed by atoms with E-state index in [-0.39, 0.29) is 0 Å². The maximum atomic E-state index is 4.33. The van der Waals surface area contributed by atoms with Crippen LogP contribution in [0.5, 0.6) is 0 Å². The van der Waals surface area contributed by atoms with E-state index in [1.54, 1.807) is 6.33 Å². The highest BCUT2D eigenvalue weighted by atomic mass is 15.1. The maximum absolute atomic E-state index is 4.33. The van der Waals surface area contributed by atoms with Gasteiger partial charge in [0.05, 0.1) is 0 Å². The fourth-order valence-electron chi connectivity index (χ4n) is 3.14. The summed E-state index contributed by atoms with van der Waals surface area (Å²) in [7, 11) is 0. The molecule has 1 atom stereocenters. The number of rotatable bonds is 3. The monoisotopic (exact) mass is 246 g/mol. The highest BCUT2D eigenvalue weighted by Crippen LogP contribution is 2.38. The molecular weight excluding hydrogens is 224 g/mol. The Bertz CT molecular complexity index is 414. The first-order valence-electron chi connectivity index (χ1n) is 7.12. The van der Waals surface area contributed by atoms with Crippen molar-refractivity contribution in [1.82, 2.24) is 15.3 Å². The molecule has 3 rings (SSSR count). The lowest BCUT2D eigenvalue weighted by atomic mass is 9.70. The minimum Gasteiger partial charge on any atom is -0.367 e. The number of anilines is 1. The van der Waals surface area contributed by atoms with Gasteiger partial charge in [-0.05, 0) is 45.1 Å². The molecule has 1 unspecified atom stereocenters. The fraction of sp³-hybridized carbons (Fsp3) is 0.714. The third-order valence-corrected chi connectivity index (χ3v) is 4.38. The van der Waals surface area contributed by atoms with Crippen LogP contribution >= 0.6 is 0 Å². The summed E-state index contributed by atoms with van der Waals surface area (Å²) in [6.07, 6.45) is 9.12. The molecule has 2 heterocycles. The van der Waals surface area contributed by atoms with Crippen molar-refractivity contribution in [3.8, 4) is 0 Å². The summed E-state index contributed by atoms with van der Waals surface area (Å²) in [6.45, 7) is 3.25. The van der Waals surface area contributed by atoms with Crippen molar-refractivity contribution in [3.05, 3.63) is 18.1 Å². The van der Waals surface area contributed by atoms with E-state index in [9.17, 15) is 0 Å². The lowest BCUT2D eigenvalue weighted by molar-refractivity contribution is 0.135. The summed E-state index contributed by atoms with van der Waals surface area (Å²) >= 11 is 0. The largest absolute Gasteiger partial charge is 0.367 e. The molecule has 18 heavy (non-hydrogen) atoms. The summed E-state index contributed by atoms with van der Waals surface area (Å²) in [5.74, 6) is 0.989. The van der Waals surface area contributed by atoms with Crippen LogP contribution in [0.15, 0.2) is 12.4 Å². The van der Waals surface area contributed by atoms with Gasteiger partial charge < -0.3 is 10.6 Å². The summed E-state index contributed by atoms with van der Waals surface area (Å²) in [6, 6.07) is 2.64. The van der Waals surface area contributed by atoms with Crippen LogP contribution in [0.2, 0.25) is 0 Å². The Morgan fingerprint density at radius 3 is 3.06 bits per heavy atom. The standard InChI is InChI=1S/C14H22N4/c1-2-11-8-13(16-10-15-11)18-12-4-7-17-14(9-12)5-3-6-14/h8,10,12,17H,2-7,9H2,1H3,(H,15,16,18). The van der Waals surface area contributed by atoms with Gasteiger partial charge in [-0.2, -0.15) is 0 Å². The minimum absolute atomic E-state index is 0.441. The molecule has 1 aliphatic carbocycles. The highest BCUT2D eigenvalue weighted by molar-refractivity contribution is 5.36. The van der Waals surface area contributed by atoms with E-state index in [0.29, 0.717) is 11.6 Å². The number of piperidine rings is 1. The Hall–Kier alpha value is -1.16. The lowest BCUT2D eigenvalue weighted by Crippen LogP contribution is -2.58. The Balaban J connectivity index is 1.64. The first-order chi connectivity index (χ1) is 8.80. The second kappa shape index (κ2) is 4.84. The van der Waals surface area contributed by atoms with E-state index in [1.807, 2.05) is 0 Å². The average molecular weight is 246 g/mol. The predicted molar refractivity (Wildman–Crippen MR) is 72.6 cm³/mol. The summed E-state index contributed by atoms with van der Waals surface area (Å²) in [4.78, 5) is 8.57. The summed E-state index contributed by atoms with van der Waals surface area (Å²) < 4.78 is 0. The van der Waals surface area contributed by atoms with Crippen LogP contribution in [-0.4, -0.2) is 28.1 Å². The molecule has 98 valence electrons. The SMILES string of the molecule is CCc1cc(NC2CCNC3(CCC3)C2)ncn1. The predicted octanol–water partition coefficient (Wildman–Crippen LogP) is 2.13. The molecule has 2 aliphatic rings. The van der Waals surface area contributed by atoms with Gasteiger partial charge in [0.15, 0.2) is 0 Å². The zero-order valence-corrected chi connectivity index (χ0v) is 11.1. The lowest BCUT2D eigenvalue weighted by Gasteiger charge is -2.48. The zero-order chi connectivity index (χ0) is 12.4. The van der Waals surface area contributed by atoms with E-state index >= 15 is 0 Å². The highest BCUT2D eigenvalue weighted by Gasteiger charge is 2.40. The van der Waals surface area contributed by atoms with Crippen LogP contribution < -0.4 is 10.6 Å². The van der Waals surface area contributed by atoms with Gasteiger partial charge in [-0.15, -0.1) is 0 Å². The van der Waals surface area contributed by atoms with Gasteiger partial charge in [-0.3, -0.25) is 0 Å². The molecule has 4 heteroatoms. The Kier molecular flexibility index (Phi) is 3.20. The number of aryl methyl sites for hydroxylation is 1. The Morgan fingerprint density at radius 1 is 1.44 bits per heavy atom. The molecule has 4 nitrogen and oxygen atoms in total. The van der Waals surface area contributed by atoms with Gasteiger partial charge in [0, 0.05) is 23.3 Å². The maximum Gasteiger partial charge on any atom is 0.129 e. The van der Waals surface area contributed by atoms with Crippen LogP contribution in [0.3, 0.4) is 0 Å². The van der Waals surface area contributed by atoms with E-state index in [0.717, 1.165) is 24.5 Å². The van der Waals surface area contributed by atoms with Crippen molar-refractivity contribution in [1.29, 1.82) is 0 Å². The topological polar surface area (TPSA) is 49.8 Å². The molecule has 0 radical (unpaired) electrons. The molecule has 1 saturated carbocycles. The summed E-state index contributed by atoms with van der Waals surface area (Å²) in [5, 5.41) is 7.29. The first kappa shape index (κ1) is 11.9.